The van der Waals surface area contributed by atoms with E-state index in [1.807, 2.05) is 32.9 Å². The Morgan fingerprint density at radius 3 is 2.00 bits per heavy atom. The largest absolute Gasteiger partial charge is 0.383 e. The van der Waals surface area contributed by atoms with E-state index in [2.05, 4.69) is 42.9 Å². The molecule has 2 aromatic rings. The van der Waals surface area contributed by atoms with Gasteiger partial charge in [0.05, 0.1) is 0 Å². The van der Waals surface area contributed by atoms with Gasteiger partial charge in [-0.1, -0.05) is 58.9 Å². The molecule has 1 aromatic heterocycles. The number of nitrogens with zero attached hydrogens (tertiary/aromatic N) is 2. The minimum absolute atomic E-state index is 0.158. The average Bonchev–Trinajstić information content (AvgIpc) is 2.43. The van der Waals surface area contributed by atoms with Crippen molar-refractivity contribution in [2.45, 2.75) is 47.0 Å². The minimum Gasteiger partial charge on any atom is -0.383 e. The highest BCUT2D eigenvalue weighted by atomic mass is 14.9. The van der Waals surface area contributed by atoms with E-state index in [0.29, 0.717) is 11.6 Å². The number of aryl methyl sites for hydroxylation is 1. The maximum Gasteiger partial charge on any atom is 0.161 e. The third kappa shape index (κ3) is 3.80. The maximum atomic E-state index is 5.81. The van der Waals surface area contributed by atoms with Gasteiger partial charge < -0.3 is 5.73 Å². The zero-order chi connectivity index (χ0) is 15.3. The lowest BCUT2D eigenvalue weighted by Crippen LogP contribution is -2.10. The van der Waals surface area contributed by atoms with Crippen LogP contribution in [0.1, 0.15) is 45.7 Å². The smallest absolute Gasteiger partial charge is 0.161 e. The van der Waals surface area contributed by atoms with Gasteiger partial charge in [-0.25, -0.2) is 9.97 Å². The van der Waals surface area contributed by atoms with Crippen molar-refractivity contribution in [2.75, 3.05) is 5.73 Å². The summed E-state index contributed by atoms with van der Waals surface area (Å²) in [6.07, 6.45) is 1.76. The molecule has 2 rings (SSSR count). The number of hydrogen-bond acceptors (Lipinski definition) is 3. The molecule has 20 heavy (non-hydrogen) atoms. The molecular weight excluding hydrogens is 246 g/mol. The Kier molecular flexibility index (Phi) is 5.26. The summed E-state index contributed by atoms with van der Waals surface area (Å²) in [6, 6.07) is 8.33. The second kappa shape index (κ2) is 6.51. The summed E-state index contributed by atoms with van der Waals surface area (Å²) in [4.78, 5) is 8.61. The molecule has 108 valence electrons. The van der Waals surface area contributed by atoms with Crippen molar-refractivity contribution in [3.63, 3.8) is 0 Å². The second-order valence-electron chi connectivity index (χ2n) is 5.59. The number of nitrogen functional groups attached to an aromatic ring is 1. The van der Waals surface area contributed by atoms with Crippen LogP contribution in [0.5, 0.6) is 0 Å². The van der Waals surface area contributed by atoms with Crippen LogP contribution in [0.15, 0.2) is 30.5 Å². The van der Waals surface area contributed by atoms with Gasteiger partial charge in [0.25, 0.3) is 0 Å². The highest BCUT2D eigenvalue weighted by molar-refractivity contribution is 5.58. The van der Waals surface area contributed by atoms with Crippen molar-refractivity contribution >= 4 is 5.82 Å². The van der Waals surface area contributed by atoms with Gasteiger partial charge in [0.2, 0.25) is 0 Å². The van der Waals surface area contributed by atoms with Crippen LogP contribution in [0.25, 0.3) is 11.4 Å². The number of nitrogens with two attached hydrogens (primary N) is 1. The lowest BCUT2D eigenvalue weighted by molar-refractivity contribution is 0.590. The summed E-state index contributed by atoms with van der Waals surface area (Å²) in [5, 5.41) is 0. The number of anilines is 1. The molecule has 0 fully saturated rings. The van der Waals surface area contributed by atoms with E-state index in [1.165, 1.54) is 5.56 Å². The second-order valence-corrected chi connectivity index (χ2v) is 5.59. The topological polar surface area (TPSA) is 51.8 Å². The zero-order valence-electron chi connectivity index (χ0n) is 13.4. The van der Waals surface area contributed by atoms with Crippen LogP contribution in [-0.2, 0) is 5.41 Å². The molecule has 0 radical (unpaired) electrons. The van der Waals surface area contributed by atoms with Gasteiger partial charge in [0.1, 0.15) is 5.82 Å². The molecule has 0 atom stereocenters. The van der Waals surface area contributed by atoms with Gasteiger partial charge in [0, 0.05) is 17.3 Å². The molecule has 0 aliphatic heterocycles. The molecule has 1 heterocycles. The van der Waals surface area contributed by atoms with Gasteiger partial charge in [-0.05, 0) is 17.9 Å². The Morgan fingerprint density at radius 1 is 1.00 bits per heavy atom. The Bertz CT molecular complexity index is 551. The van der Waals surface area contributed by atoms with Gasteiger partial charge in [-0.2, -0.15) is 0 Å². The Hall–Kier alpha value is -1.90. The third-order valence-corrected chi connectivity index (χ3v) is 3.02. The molecule has 0 saturated carbocycles. The first-order valence-corrected chi connectivity index (χ1v) is 7.08. The van der Waals surface area contributed by atoms with Crippen LogP contribution in [0.3, 0.4) is 0 Å². The van der Waals surface area contributed by atoms with E-state index in [4.69, 9.17) is 5.73 Å². The highest BCUT2D eigenvalue weighted by Crippen LogP contribution is 2.25. The fraction of sp³-hybridized carbons (Fsp3) is 0.412. The van der Waals surface area contributed by atoms with E-state index >= 15 is 0 Å². The fourth-order valence-electron chi connectivity index (χ4n) is 1.71. The lowest BCUT2D eigenvalue weighted by Gasteiger charge is -2.19. The van der Waals surface area contributed by atoms with Gasteiger partial charge in [-0.15, -0.1) is 0 Å². The third-order valence-electron chi connectivity index (χ3n) is 3.02. The number of rotatable bonds is 1. The molecule has 0 bridgehead atoms. The van der Waals surface area contributed by atoms with Crippen molar-refractivity contribution in [3.05, 3.63) is 41.6 Å². The number of aromatic nitrogens is 2. The molecular formula is C17H25N3. The molecule has 3 nitrogen and oxygen atoms in total. The first-order chi connectivity index (χ1) is 9.38. The van der Waals surface area contributed by atoms with Crippen LogP contribution in [0, 0.1) is 6.92 Å². The molecule has 0 unspecified atom stereocenters. The summed E-state index contributed by atoms with van der Waals surface area (Å²) < 4.78 is 0. The summed E-state index contributed by atoms with van der Waals surface area (Å²) in [5.74, 6) is 1.22. The average molecular weight is 271 g/mol. The van der Waals surface area contributed by atoms with Crippen molar-refractivity contribution in [1.82, 2.24) is 9.97 Å². The fourth-order valence-corrected chi connectivity index (χ4v) is 1.71. The number of hydrogen-bond donors (Lipinski definition) is 1. The first-order valence-electron chi connectivity index (χ1n) is 7.08. The summed E-state index contributed by atoms with van der Waals surface area (Å²) in [5.41, 5.74) is 9.16. The summed E-state index contributed by atoms with van der Waals surface area (Å²) in [7, 11) is 0. The quantitative estimate of drug-likeness (QED) is 0.838. The van der Waals surface area contributed by atoms with Gasteiger partial charge in [0.15, 0.2) is 5.82 Å². The normalized spacial score (nSPS) is 10.7. The molecule has 0 aliphatic rings. The van der Waals surface area contributed by atoms with Crippen molar-refractivity contribution in [1.29, 1.82) is 0 Å². The van der Waals surface area contributed by atoms with Crippen LogP contribution >= 0.6 is 0 Å². The van der Waals surface area contributed by atoms with E-state index in [1.54, 1.807) is 6.20 Å². The first kappa shape index (κ1) is 16.2. The Morgan fingerprint density at radius 2 is 1.55 bits per heavy atom. The molecule has 0 aliphatic carbocycles. The molecule has 2 N–H and O–H groups in total. The maximum absolute atomic E-state index is 5.81. The predicted octanol–water partition coefficient (Wildman–Crippen LogP) is 4.36. The highest BCUT2D eigenvalue weighted by Gasteiger charge is 2.13. The van der Waals surface area contributed by atoms with E-state index in [0.717, 1.165) is 11.1 Å². The van der Waals surface area contributed by atoms with Crippen LogP contribution in [0.4, 0.5) is 5.82 Å². The Labute approximate surface area is 122 Å². The standard InChI is InChI=1S/C15H19N3.C2H6/c1-10-9-17-14(18-13(10)16)11-5-7-12(8-6-11)15(2,3)4;1-2/h5-9H,1-4H3,(H2,16,17,18);1-2H3. The summed E-state index contributed by atoms with van der Waals surface area (Å²) in [6.45, 7) is 12.5. The Balaban J connectivity index is 0.000000956. The molecule has 0 saturated heterocycles. The number of benzene rings is 1. The molecule has 0 amide bonds. The van der Waals surface area contributed by atoms with Crippen LogP contribution < -0.4 is 5.73 Å². The van der Waals surface area contributed by atoms with Crippen molar-refractivity contribution in [2.24, 2.45) is 0 Å². The minimum atomic E-state index is 0.158. The molecule has 0 spiro atoms. The molecule has 3 heteroatoms. The van der Waals surface area contributed by atoms with Gasteiger partial charge in [-0.3, -0.25) is 0 Å². The van der Waals surface area contributed by atoms with E-state index in [-0.39, 0.29) is 5.41 Å². The lowest BCUT2D eigenvalue weighted by atomic mass is 9.87. The summed E-state index contributed by atoms with van der Waals surface area (Å²) >= 11 is 0. The SMILES string of the molecule is CC.Cc1cnc(-c2ccc(C(C)(C)C)cc2)nc1N. The van der Waals surface area contributed by atoms with Crippen molar-refractivity contribution in [3.8, 4) is 11.4 Å². The van der Waals surface area contributed by atoms with Crippen LogP contribution in [-0.4, -0.2) is 9.97 Å². The molecule has 1 aromatic carbocycles. The zero-order valence-corrected chi connectivity index (χ0v) is 13.4. The van der Waals surface area contributed by atoms with E-state index in [9.17, 15) is 0 Å². The predicted molar refractivity (Wildman–Crippen MR) is 86.7 cm³/mol. The van der Waals surface area contributed by atoms with Crippen LogP contribution in [0.2, 0.25) is 0 Å². The van der Waals surface area contributed by atoms with Gasteiger partial charge >= 0.3 is 0 Å². The van der Waals surface area contributed by atoms with Crippen molar-refractivity contribution < 1.29 is 0 Å². The monoisotopic (exact) mass is 271 g/mol. The van der Waals surface area contributed by atoms with E-state index < -0.39 is 0 Å².